The third-order valence-electron chi connectivity index (χ3n) is 7.06. The van der Waals surface area contributed by atoms with Crippen LogP contribution >= 0.6 is 0 Å². The lowest BCUT2D eigenvalue weighted by Crippen LogP contribution is -2.58. The van der Waals surface area contributed by atoms with Gasteiger partial charge < -0.3 is 10.2 Å². The quantitative estimate of drug-likeness (QED) is 0.748. The van der Waals surface area contributed by atoms with Gasteiger partial charge in [-0.15, -0.1) is 6.58 Å². The van der Waals surface area contributed by atoms with E-state index in [1.165, 1.54) is 19.3 Å². The molecule has 0 spiro atoms. The Morgan fingerprint density at radius 1 is 1.18 bits per heavy atom. The molecule has 0 amide bonds. The predicted molar refractivity (Wildman–Crippen MR) is 92.6 cm³/mol. The maximum absolute atomic E-state index is 10.7. The Bertz CT molecular complexity index is 412. The topological polar surface area (TPSA) is 40.5 Å². The van der Waals surface area contributed by atoms with E-state index >= 15 is 0 Å². The Labute approximate surface area is 137 Å². The van der Waals surface area contributed by atoms with Gasteiger partial charge in [-0.2, -0.15) is 0 Å². The summed E-state index contributed by atoms with van der Waals surface area (Å²) in [6.45, 7) is 15.4. The van der Waals surface area contributed by atoms with Gasteiger partial charge in [0.25, 0.3) is 0 Å². The van der Waals surface area contributed by atoms with Gasteiger partial charge >= 0.3 is 0 Å². The molecule has 2 aliphatic carbocycles. The van der Waals surface area contributed by atoms with Crippen LogP contribution < -0.4 is 0 Å². The minimum atomic E-state index is -0.573. The minimum Gasteiger partial charge on any atom is -0.390 e. The lowest BCUT2D eigenvalue weighted by atomic mass is 9.46. The van der Waals surface area contributed by atoms with Gasteiger partial charge in [0.2, 0.25) is 0 Å². The molecule has 2 fully saturated rings. The van der Waals surface area contributed by atoms with E-state index in [0.717, 1.165) is 19.3 Å². The van der Waals surface area contributed by atoms with Crippen LogP contribution in [0, 0.1) is 28.1 Å². The molecule has 0 aromatic carbocycles. The Balaban J connectivity index is 2.26. The fourth-order valence-corrected chi connectivity index (χ4v) is 5.37. The maximum Gasteiger partial charge on any atom is 0.0832 e. The van der Waals surface area contributed by atoms with E-state index in [2.05, 4.69) is 41.2 Å². The summed E-state index contributed by atoms with van der Waals surface area (Å²) in [4.78, 5) is 0. The van der Waals surface area contributed by atoms with Gasteiger partial charge in [0.15, 0.2) is 0 Å². The zero-order chi connectivity index (χ0) is 16.8. The van der Waals surface area contributed by atoms with E-state index in [9.17, 15) is 10.2 Å². The maximum atomic E-state index is 10.7. The number of allylic oxidation sites excluding steroid dienone is 1. The SMILES string of the molecule is C=CC(C)(C)CCC1[C@@H](O)[C@@H](O)CC2C(C)(C)CCC[C@]12C. The average Bonchev–Trinajstić information content (AvgIpc) is 2.41. The summed E-state index contributed by atoms with van der Waals surface area (Å²) in [6.07, 6.45) is 7.29. The molecule has 0 bridgehead atoms. The second kappa shape index (κ2) is 5.94. The van der Waals surface area contributed by atoms with Crippen molar-refractivity contribution in [1.82, 2.24) is 0 Å². The summed E-state index contributed by atoms with van der Waals surface area (Å²) in [5, 5.41) is 21.2. The van der Waals surface area contributed by atoms with Gasteiger partial charge in [0.1, 0.15) is 0 Å². The molecule has 2 saturated carbocycles. The van der Waals surface area contributed by atoms with Crippen LogP contribution in [0.3, 0.4) is 0 Å². The first-order chi connectivity index (χ1) is 10.0. The van der Waals surface area contributed by atoms with Crippen LogP contribution in [0.5, 0.6) is 0 Å². The van der Waals surface area contributed by atoms with Crippen LogP contribution in [0.25, 0.3) is 0 Å². The lowest BCUT2D eigenvalue weighted by molar-refractivity contribution is -0.174. The highest BCUT2D eigenvalue weighted by Gasteiger charge is 2.56. The average molecular weight is 309 g/mol. The van der Waals surface area contributed by atoms with Gasteiger partial charge in [0.05, 0.1) is 12.2 Å². The van der Waals surface area contributed by atoms with Crippen molar-refractivity contribution >= 4 is 0 Å². The van der Waals surface area contributed by atoms with Crippen molar-refractivity contribution in [3.63, 3.8) is 0 Å². The van der Waals surface area contributed by atoms with Crippen molar-refractivity contribution in [1.29, 1.82) is 0 Å². The van der Waals surface area contributed by atoms with E-state index < -0.39 is 12.2 Å². The number of rotatable bonds is 4. The highest BCUT2D eigenvalue weighted by molar-refractivity contribution is 5.06. The van der Waals surface area contributed by atoms with Crippen LogP contribution in [0.15, 0.2) is 12.7 Å². The molecule has 5 atom stereocenters. The highest BCUT2D eigenvalue weighted by Crippen LogP contribution is 2.61. The van der Waals surface area contributed by atoms with Gasteiger partial charge in [-0.1, -0.05) is 47.1 Å². The summed E-state index contributed by atoms with van der Waals surface area (Å²) in [5.74, 6) is 0.698. The number of aliphatic hydroxyl groups is 2. The van der Waals surface area contributed by atoms with Crippen LogP contribution in [-0.4, -0.2) is 22.4 Å². The summed E-state index contributed by atoms with van der Waals surface area (Å²) in [6, 6.07) is 0. The Morgan fingerprint density at radius 2 is 1.82 bits per heavy atom. The van der Waals surface area contributed by atoms with Gasteiger partial charge in [-0.05, 0) is 60.2 Å². The molecule has 0 aromatic rings. The zero-order valence-corrected chi connectivity index (χ0v) is 15.2. The molecular weight excluding hydrogens is 272 g/mol. The van der Waals surface area contributed by atoms with Crippen molar-refractivity contribution in [2.24, 2.45) is 28.1 Å². The molecule has 22 heavy (non-hydrogen) atoms. The molecule has 2 nitrogen and oxygen atoms in total. The third-order valence-corrected chi connectivity index (χ3v) is 7.06. The summed E-state index contributed by atoms with van der Waals surface area (Å²) in [5.41, 5.74) is 0.510. The molecule has 0 saturated heterocycles. The molecule has 2 aliphatic rings. The highest BCUT2D eigenvalue weighted by atomic mass is 16.3. The molecule has 2 N–H and O–H groups in total. The summed E-state index contributed by atoms with van der Waals surface area (Å²) in [7, 11) is 0. The zero-order valence-electron chi connectivity index (χ0n) is 15.2. The second-order valence-electron chi connectivity index (χ2n) is 9.53. The van der Waals surface area contributed by atoms with Crippen molar-refractivity contribution in [2.75, 3.05) is 0 Å². The van der Waals surface area contributed by atoms with Gasteiger partial charge in [-0.3, -0.25) is 0 Å². The molecule has 0 heterocycles. The predicted octanol–water partition coefficient (Wildman–Crippen LogP) is 4.55. The molecule has 2 unspecified atom stereocenters. The molecule has 0 radical (unpaired) electrons. The van der Waals surface area contributed by atoms with Gasteiger partial charge in [-0.25, -0.2) is 0 Å². The molecule has 128 valence electrons. The Hall–Kier alpha value is -0.340. The Morgan fingerprint density at radius 3 is 2.41 bits per heavy atom. The van der Waals surface area contributed by atoms with Crippen molar-refractivity contribution in [3.8, 4) is 0 Å². The smallest absolute Gasteiger partial charge is 0.0832 e. The third kappa shape index (κ3) is 3.14. The van der Waals surface area contributed by atoms with Crippen molar-refractivity contribution in [3.05, 3.63) is 12.7 Å². The normalized spacial score (nSPS) is 41.8. The van der Waals surface area contributed by atoms with E-state index in [1.54, 1.807) is 0 Å². The lowest BCUT2D eigenvalue weighted by Gasteiger charge is -2.60. The molecule has 2 rings (SSSR count). The van der Waals surface area contributed by atoms with E-state index in [0.29, 0.717) is 5.92 Å². The van der Waals surface area contributed by atoms with E-state index in [-0.39, 0.29) is 22.2 Å². The van der Waals surface area contributed by atoms with E-state index in [4.69, 9.17) is 0 Å². The molecular formula is C20H36O2. The first-order valence-corrected chi connectivity index (χ1v) is 9.03. The van der Waals surface area contributed by atoms with Crippen molar-refractivity contribution < 1.29 is 10.2 Å². The minimum absolute atomic E-state index is 0.0954. The first kappa shape index (κ1) is 18.0. The van der Waals surface area contributed by atoms with Crippen LogP contribution in [0.2, 0.25) is 0 Å². The van der Waals surface area contributed by atoms with E-state index in [1.807, 2.05) is 6.08 Å². The number of hydrogen-bond acceptors (Lipinski definition) is 2. The standard InChI is InChI=1S/C20H36O2/c1-7-18(2,3)12-9-14-17(22)15(21)13-16-19(4,5)10-8-11-20(14,16)6/h7,14-17,21-22H,1,8-13H2,2-6H3/t14?,15-,16?,17+,20+/m0/s1. The summed E-state index contributed by atoms with van der Waals surface area (Å²) < 4.78 is 0. The number of hydrogen-bond donors (Lipinski definition) is 2. The molecule has 0 aliphatic heterocycles. The number of aliphatic hydroxyl groups excluding tert-OH is 2. The molecule has 2 heteroatoms. The second-order valence-corrected chi connectivity index (χ2v) is 9.53. The molecule has 0 aromatic heterocycles. The number of fused-ring (bicyclic) bond motifs is 1. The van der Waals surface area contributed by atoms with Gasteiger partial charge in [0, 0.05) is 0 Å². The van der Waals surface area contributed by atoms with Crippen molar-refractivity contribution in [2.45, 2.75) is 85.4 Å². The first-order valence-electron chi connectivity index (χ1n) is 9.03. The van der Waals surface area contributed by atoms with Crippen LogP contribution in [0.1, 0.15) is 73.1 Å². The summed E-state index contributed by atoms with van der Waals surface area (Å²) >= 11 is 0. The fraction of sp³-hybridized carbons (Fsp3) is 0.900. The van der Waals surface area contributed by atoms with Crippen LogP contribution in [0.4, 0.5) is 0 Å². The Kier molecular flexibility index (Phi) is 4.86. The largest absolute Gasteiger partial charge is 0.390 e. The monoisotopic (exact) mass is 308 g/mol. The fourth-order valence-electron chi connectivity index (χ4n) is 5.37. The van der Waals surface area contributed by atoms with Crippen LogP contribution in [-0.2, 0) is 0 Å².